The Hall–Kier alpha value is -2.22. The highest BCUT2D eigenvalue weighted by molar-refractivity contribution is 7.81. The fourth-order valence-corrected chi connectivity index (χ4v) is 1.74. The summed E-state index contributed by atoms with van der Waals surface area (Å²) in [5.74, 6) is -0.150. The molecule has 0 atom stereocenters. The molecule has 0 bridgehead atoms. The zero-order chi connectivity index (χ0) is 13.2. The van der Waals surface area contributed by atoms with Crippen LogP contribution in [0, 0.1) is 0 Å². The lowest BCUT2D eigenvalue weighted by Crippen LogP contribution is -2.03. The van der Waals surface area contributed by atoms with Crippen molar-refractivity contribution >= 4 is 16.5 Å². The third-order valence-electron chi connectivity index (χ3n) is 2.03. The Morgan fingerprint density at radius 3 is 2.61 bits per heavy atom. The molecule has 2 N–H and O–H groups in total. The van der Waals surface area contributed by atoms with Crippen LogP contribution in [-0.2, 0) is 10.5 Å². The number of nitrogens with two attached hydrogens (primary N) is 1. The van der Waals surface area contributed by atoms with Gasteiger partial charge in [-0.2, -0.15) is 8.42 Å². The van der Waals surface area contributed by atoms with E-state index in [1.54, 1.807) is 6.07 Å². The number of benzene rings is 1. The molecule has 2 rings (SSSR count). The molecule has 1 aromatic carbocycles. The smallest absolute Gasteiger partial charge is 0.368 e. The predicted octanol–water partition coefficient (Wildman–Crippen LogP) is 1.32. The first kappa shape index (κ1) is 12.2. The number of nitrogen functional groups attached to an aromatic ring is 1. The Kier molecular flexibility index (Phi) is 3.11. The van der Waals surface area contributed by atoms with E-state index in [1.165, 1.54) is 30.5 Å². The van der Waals surface area contributed by atoms with Gasteiger partial charge in [-0.05, 0) is 18.2 Å². The Bertz CT molecular complexity index is 676. The average Bonchev–Trinajstić information content (AvgIpc) is 2.27. The number of nitrogens with zero attached hydrogens (tertiary/aromatic N) is 2. The van der Waals surface area contributed by atoms with Gasteiger partial charge in [0.25, 0.3) is 0 Å². The van der Waals surface area contributed by atoms with Gasteiger partial charge in [0.05, 0.1) is 5.69 Å². The maximum absolute atomic E-state index is 12.5. The molecule has 0 aliphatic carbocycles. The molecule has 2 aromatic rings. The Labute approximate surface area is 103 Å². The lowest BCUT2D eigenvalue weighted by Gasteiger charge is -2.07. The molecule has 0 aliphatic rings. The van der Waals surface area contributed by atoms with E-state index in [2.05, 4.69) is 14.2 Å². The summed E-state index contributed by atoms with van der Waals surface area (Å²) in [6, 6.07) is 7.48. The Morgan fingerprint density at radius 1 is 1.22 bits per heavy atom. The second-order valence-electron chi connectivity index (χ2n) is 3.27. The molecule has 0 saturated heterocycles. The maximum Gasteiger partial charge on any atom is 0.488 e. The number of rotatable bonds is 3. The van der Waals surface area contributed by atoms with Gasteiger partial charge in [0.15, 0.2) is 5.75 Å². The minimum Gasteiger partial charge on any atom is -0.368 e. The molecule has 0 fully saturated rings. The predicted molar refractivity (Wildman–Crippen MR) is 62.5 cm³/mol. The van der Waals surface area contributed by atoms with E-state index in [0.717, 1.165) is 0 Å². The number of aromatic nitrogens is 2. The quantitative estimate of drug-likeness (QED) is 0.844. The van der Waals surface area contributed by atoms with Crippen molar-refractivity contribution in [2.45, 2.75) is 0 Å². The maximum atomic E-state index is 12.5. The van der Waals surface area contributed by atoms with Crippen LogP contribution < -0.4 is 9.92 Å². The summed E-state index contributed by atoms with van der Waals surface area (Å²) in [6.45, 7) is 0. The molecule has 1 heterocycles. The Balaban J connectivity index is 2.51. The van der Waals surface area contributed by atoms with Crippen molar-refractivity contribution in [2.75, 3.05) is 5.73 Å². The number of hydrogen-bond donors (Lipinski definition) is 1. The molecule has 0 radical (unpaired) electrons. The van der Waals surface area contributed by atoms with Gasteiger partial charge in [-0.3, -0.25) is 0 Å². The van der Waals surface area contributed by atoms with Crippen molar-refractivity contribution in [1.29, 1.82) is 0 Å². The summed E-state index contributed by atoms with van der Waals surface area (Å²) >= 11 is 0. The molecule has 0 unspecified atom stereocenters. The van der Waals surface area contributed by atoms with Gasteiger partial charge in [-0.25, -0.2) is 9.97 Å². The van der Waals surface area contributed by atoms with Gasteiger partial charge in [-0.15, -0.1) is 0 Å². The summed E-state index contributed by atoms with van der Waals surface area (Å²) in [7, 11) is -5.09. The van der Waals surface area contributed by atoms with Crippen LogP contribution in [0.1, 0.15) is 0 Å². The van der Waals surface area contributed by atoms with Gasteiger partial charge in [0, 0.05) is 11.8 Å². The fraction of sp³-hybridized carbons (Fsp3) is 0. The first-order valence-electron chi connectivity index (χ1n) is 4.78. The molecule has 0 amide bonds. The highest BCUT2D eigenvalue weighted by atomic mass is 32.3. The first-order chi connectivity index (χ1) is 8.46. The summed E-state index contributed by atoms with van der Waals surface area (Å²) in [5, 5.41) is 0. The van der Waals surface area contributed by atoms with Crippen LogP contribution in [0.15, 0.2) is 36.5 Å². The molecule has 94 valence electrons. The summed E-state index contributed by atoms with van der Waals surface area (Å²) in [4.78, 5) is 7.61. The van der Waals surface area contributed by atoms with Crippen LogP contribution in [0.3, 0.4) is 0 Å². The molecule has 0 spiro atoms. The highest BCUT2D eigenvalue weighted by Gasteiger charge is 2.15. The van der Waals surface area contributed by atoms with Crippen LogP contribution in [0.2, 0.25) is 0 Å². The number of anilines is 1. The molecule has 0 saturated carbocycles. The van der Waals surface area contributed by atoms with E-state index in [9.17, 15) is 12.3 Å². The number of hydrogen-bond acceptors (Lipinski definition) is 6. The standard InChI is InChI=1S/C10H8FN3O3S/c11-18(15,16)17-9-4-2-1-3-7(9)8-5-6-13-10(12)14-8/h1-6H,(H2,12,13,14). The van der Waals surface area contributed by atoms with E-state index in [0.29, 0.717) is 11.3 Å². The van der Waals surface area contributed by atoms with E-state index in [1.807, 2.05) is 0 Å². The summed E-state index contributed by atoms with van der Waals surface area (Å²) in [5.41, 5.74) is 6.05. The zero-order valence-corrected chi connectivity index (χ0v) is 9.76. The van der Waals surface area contributed by atoms with Crippen LogP contribution >= 0.6 is 0 Å². The van der Waals surface area contributed by atoms with E-state index < -0.39 is 10.5 Å². The van der Waals surface area contributed by atoms with Crippen molar-refractivity contribution in [3.05, 3.63) is 36.5 Å². The van der Waals surface area contributed by atoms with Crippen molar-refractivity contribution < 1.29 is 16.5 Å². The van der Waals surface area contributed by atoms with Gasteiger partial charge in [0.1, 0.15) is 0 Å². The summed E-state index contributed by atoms with van der Waals surface area (Å²) in [6.07, 6.45) is 1.40. The first-order valence-corrected chi connectivity index (χ1v) is 6.08. The van der Waals surface area contributed by atoms with Crippen molar-refractivity contribution in [1.82, 2.24) is 9.97 Å². The third-order valence-corrected chi connectivity index (χ3v) is 2.41. The molecule has 1 aromatic heterocycles. The van der Waals surface area contributed by atoms with Gasteiger partial charge >= 0.3 is 10.5 Å². The third kappa shape index (κ3) is 2.92. The Morgan fingerprint density at radius 2 is 1.94 bits per heavy atom. The van der Waals surface area contributed by atoms with Crippen LogP contribution in [0.25, 0.3) is 11.3 Å². The molecular formula is C10H8FN3O3S. The highest BCUT2D eigenvalue weighted by Crippen LogP contribution is 2.29. The molecule has 6 nitrogen and oxygen atoms in total. The van der Waals surface area contributed by atoms with Crippen molar-refractivity contribution in [3.63, 3.8) is 0 Å². The monoisotopic (exact) mass is 269 g/mol. The SMILES string of the molecule is Nc1nccc(-c2ccccc2OS(=O)(=O)F)n1. The minimum absolute atomic E-state index is 0.0189. The molecule has 0 aliphatic heterocycles. The lowest BCUT2D eigenvalue weighted by atomic mass is 10.1. The van der Waals surface area contributed by atoms with Gasteiger partial charge in [0.2, 0.25) is 5.95 Å². The summed E-state index contributed by atoms with van der Waals surface area (Å²) < 4.78 is 37.8. The fourth-order valence-electron chi connectivity index (χ4n) is 1.38. The molecular weight excluding hydrogens is 261 g/mol. The second-order valence-corrected chi connectivity index (χ2v) is 4.23. The minimum atomic E-state index is -5.09. The second kappa shape index (κ2) is 4.57. The van der Waals surface area contributed by atoms with Gasteiger partial charge in [-0.1, -0.05) is 16.0 Å². The van der Waals surface area contributed by atoms with Crippen LogP contribution in [0.5, 0.6) is 5.75 Å². The van der Waals surface area contributed by atoms with E-state index >= 15 is 0 Å². The number of para-hydroxylation sites is 1. The van der Waals surface area contributed by atoms with Crippen LogP contribution in [0.4, 0.5) is 9.83 Å². The molecule has 8 heteroatoms. The average molecular weight is 269 g/mol. The van der Waals surface area contributed by atoms with Gasteiger partial charge < -0.3 is 9.92 Å². The largest absolute Gasteiger partial charge is 0.488 e. The van der Waals surface area contributed by atoms with Crippen molar-refractivity contribution in [3.8, 4) is 17.0 Å². The lowest BCUT2D eigenvalue weighted by molar-refractivity contribution is 0.441. The van der Waals surface area contributed by atoms with Crippen molar-refractivity contribution in [2.24, 2.45) is 0 Å². The van der Waals surface area contributed by atoms with Crippen LogP contribution in [-0.4, -0.2) is 18.4 Å². The van der Waals surface area contributed by atoms with E-state index in [-0.39, 0.29) is 11.7 Å². The van der Waals surface area contributed by atoms with E-state index in [4.69, 9.17) is 5.73 Å². The topological polar surface area (TPSA) is 95.2 Å². The number of halogens is 1. The normalized spacial score (nSPS) is 11.2. The zero-order valence-electron chi connectivity index (χ0n) is 8.95. The molecule has 18 heavy (non-hydrogen) atoms.